The molecule has 0 fully saturated rings. The number of benzene rings is 1. The van der Waals surface area contributed by atoms with Gasteiger partial charge in [0.15, 0.2) is 0 Å². The van der Waals surface area contributed by atoms with Gasteiger partial charge in [0.1, 0.15) is 5.01 Å². The van der Waals surface area contributed by atoms with E-state index in [1.807, 2.05) is 35.7 Å². The monoisotopic (exact) mass is 337 g/mol. The van der Waals surface area contributed by atoms with E-state index in [9.17, 15) is 4.79 Å². The number of carbonyl (C=O) groups excluding carboxylic acids is 1. The van der Waals surface area contributed by atoms with Gasteiger partial charge in [0.25, 0.3) is 0 Å². The zero-order valence-electron chi connectivity index (χ0n) is 13.3. The zero-order chi connectivity index (χ0) is 16.6. The number of nitrogens with zero attached hydrogens (tertiary/aromatic N) is 2. The van der Waals surface area contributed by atoms with Crippen LogP contribution in [0.15, 0.2) is 60.2 Å². The minimum Gasteiger partial charge on any atom is -0.356 e. The van der Waals surface area contributed by atoms with Crippen molar-refractivity contribution in [3.8, 4) is 10.6 Å². The third-order valence-electron chi connectivity index (χ3n) is 3.61. The molecule has 122 valence electrons. The van der Waals surface area contributed by atoms with E-state index in [-0.39, 0.29) is 5.91 Å². The summed E-state index contributed by atoms with van der Waals surface area (Å²) in [5, 5.41) is 5.80. The van der Waals surface area contributed by atoms with E-state index in [0.717, 1.165) is 29.1 Å². The van der Waals surface area contributed by atoms with Crippen LogP contribution in [-0.2, 0) is 17.6 Å². The van der Waals surface area contributed by atoms with E-state index in [1.165, 1.54) is 16.9 Å². The molecular formula is C19H19N3OS. The fraction of sp³-hybridized carbons (Fsp3) is 0.211. The number of aryl methyl sites for hydroxylation is 1. The summed E-state index contributed by atoms with van der Waals surface area (Å²) in [7, 11) is 0. The predicted octanol–water partition coefficient (Wildman–Crippen LogP) is 3.50. The van der Waals surface area contributed by atoms with Gasteiger partial charge in [-0.2, -0.15) is 0 Å². The lowest BCUT2D eigenvalue weighted by molar-refractivity contribution is -0.120. The summed E-state index contributed by atoms with van der Waals surface area (Å²) in [5.74, 6) is 0.0195. The second kappa shape index (κ2) is 8.36. The summed E-state index contributed by atoms with van der Waals surface area (Å²) in [6.07, 6.45) is 5.76. The number of thiazole rings is 1. The number of aromatic nitrogens is 2. The Morgan fingerprint density at radius 2 is 2.00 bits per heavy atom. The fourth-order valence-electron chi connectivity index (χ4n) is 2.40. The normalized spacial score (nSPS) is 10.5. The molecule has 5 heteroatoms. The average molecular weight is 337 g/mol. The van der Waals surface area contributed by atoms with E-state index >= 15 is 0 Å². The summed E-state index contributed by atoms with van der Waals surface area (Å²) < 4.78 is 0. The maximum absolute atomic E-state index is 12.0. The lowest BCUT2D eigenvalue weighted by Gasteiger charge is -2.04. The molecule has 0 unspecified atom stereocenters. The molecule has 0 aliphatic rings. The second-order valence-corrected chi connectivity index (χ2v) is 6.36. The Bertz CT molecular complexity index is 772. The van der Waals surface area contributed by atoms with Crippen molar-refractivity contribution < 1.29 is 4.79 Å². The highest BCUT2D eigenvalue weighted by atomic mass is 32.1. The van der Waals surface area contributed by atoms with Crippen molar-refractivity contribution in [3.63, 3.8) is 0 Å². The highest BCUT2D eigenvalue weighted by molar-refractivity contribution is 7.13. The van der Waals surface area contributed by atoms with Crippen molar-refractivity contribution in [2.24, 2.45) is 0 Å². The van der Waals surface area contributed by atoms with E-state index in [1.54, 1.807) is 12.4 Å². The molecule has 0 aliphatic carbocycles. The molecule has 1 amide bonds. The Balaban J connectivity index is 1.43. The lowest BCUT2D eigenvalue weighted by atomic mass is 10.1. The summed E-state index contributed by atoms with van der Waals surface area (Å²) in [5.41, 5.74) is 3.09. The quantitative estimate of drug-likeness (QED) is 0.671. The molecule has 3 rings (SSSR count). The van der Waals surface area contributed by atoms with Crippen LogP contribution in [-0.4, -0.2) is 22.4 Å². The van der Waals surface area contributed by atoms with Crippen LogP contribution in [0, 0.1) is 0 Å². The Hall–Kier alpha value is -2.53. The molecule has 0 atom stereocenters. The van der Waals surface area contributed by atoms with Crippen LogP contribution >= 0.6 is 11.3 Å². The van der Waals surface area contributed by atoms with Crippen molar-refractivity contribution in [1.29, 1.82) is 0 Å². The fourth-order valence-corrected chi connectivity index (χ4v) is 3.21. The number of pyridine rings is 1. The zero-order valence-corrected chi connectivity index (χ0v) is 14.1. The molecule has 1 N–H and O–H groups in total. The van der Waals surface area contributed by atoms with Crippen molar-refractivity contribution in [2.75, 3.05) is 6.54 Å². The first-order valence-corrected chi connectivity index (χ1v) is 8.84. The standard InChI is InChI=1S/C19H19N3OS/c23-18(21-11-4-8-15-6-2-1-3-7-15)12-17-14-24-19(22-17)16-9-5-10-20-13-16/h1-3,5-7,9-10,13-14H,4,8,11-12H2,(H,21,23). The van der Waals surface area contributed by atoms with Gasteiger partial charge in [-0.05, 0) is 30.5 Å². The van der Waals surface area contributed by atoms with Crippen molar-refractivity contribution in [1.82, 2.24) is 15.3 Å². The summed E-state index contributed by atoms with van der Waals surface area (Å²) in [6, 6.07) is 14.2. The molecule has 4 nitrogen and oxygen atoms in total. The van der Waals surface area contributed by atoms with Crippen molar-refractivity contribution in [3.05, 3.63) is 71.5 Å². The highest BCUT2D eigenvalue weighted by Gasteiger charge is 2.08. The number of amides is 1. The van der Waals surface area contributed by atoms with Crippen molar-refractivity contribution >= 4 is 17.2 Å². The van der Waals surface area contributed by atoms with Crippen LogP contribution in [0.2, 0.25) is 0 Å². The Labute approximate surface area is 145 Å². The minimum absolute atomic E-state index is 0.0195. The topological polar surface area (TPSA) is 54.9 Å². The van der Waals surface area contributed by atoms with Gasteiger partial charge in [-0.15, -0.1) is 11.3 Å². The van der Waals surface area contributed by atoms with Crippen LogP contribution < -0.4 is 5.32 Å². The molecule has 2 heterocycles. The molecule has 0 saturated heterocycles. The van der Waals surface area contributed by atoms with Crippen LogP contribution in [0.3, 0.4) is 0 Å². The second-order valence-electron chi connectivity index (χ2n) is 5.50. The molecule has 0 bridgehead atoms. The molecule has 3 aromatic rings. The molecule has 2 aromatic heterocycles. The van der Waals surface area contributed by atoms with Gasteiger partial charge >= 0.3 is 0 Å². The predicted molar refractivity (Wildman–Crippen MR) is 96.8 cm³/mol. The molecule has 0 spiro atoms. The van der Waals surface area contributed by atoms with E-state index in [0.29, 0.717) is 13.0 Å². The van der Waals surface area contributed by atoms with Crippen molar-refractivity contribution in [2.45, 2.75) is 19.3 Å². The number of rotatable bonds is 7. The SMILES string of the molecule is O=C(Cc1csc(-c2cccnc2)n1)NCCCc1ccccc1. The highest BCUT2D eigenvalue weighted by Crippen LogP contribution is 2.22. The largest absolute Gasteiger partial charge is 0.356 e. The first-order valence-electron chi connectivity index (χ1n) is 7.97. The minimum atomic E-state index is 0.0195. The van der Waals surface area contributed by atoms with Gasteiger partial charge in [-0.3, -0.25) is 9.78 Å². The average Bonchev–Trinajstić information content (AvgIpc) is 3.09. The van der Waals surface area contributed by atoms with Gasteiger partial charge in [0.05, 0.1) is 12.1 Å². The number of hydrogen-bond donors (Lipinski definition) is 1. The molecule has 1 aromatic carbocycles. The Morgan fingerprint density at radius 1 is 1.12 bits per heavy atom. The molecule has 0 saturated carbocycles. The maximum atomic E-state index is 12.0. The van der Waals surface area contributed by atoms with Gasteiger partial charge in [-0.1, -0.05) is 30.3 Å². The van der Waals surface area contributed by atoms with Crippen LogP contribution in [0.1, 0.15) is 17.7 Å². The molecule has 0 aliphatic heterocycles. The van der Waals surface area contributed by atoms with Gasteiger partial charge in [0.2, 0.25) is 5.91 Å². The number of carbonyl (C=O) groups is 1. The summed E-state index contributed by atoms with van der Waals surface area (Å²) in [6.45, 7) is 0.688. The lowest BCUT2D eigenvalue weighted by Crippen LogP contribution is -2.26. The smallest absolute Gasteiger partial charge is 0.226 e. The summed E-state index contributed by atoms with van der Waals surface area (Å²) in [4.78, 5) is 20.6. The number of hydrogen-bond acceptors (Lipinski definition) is 4. The van der Waals surface area contributed by atoms with E-state index < -0.39 is 0 Å². The maximum Gasteiger partial charge on any atom is 0.226 e. The molecule has 0 radical (unpaired) electrons. The van der Waals surface area contributed by atoms with Crippen LogP contribution in [0.5, 0.6) is 0 Å². The third kappa shape index (κ3) is 4.73. The van der Waals surface area contributed by atoms with Gasteiger partial charge in [-0.25, -0.2) is 4.98 Å². The molecular weight excluding hydrogens is 318 g/mol. The first kappa shape index (κ1) is 16.3. The Kier molecular flexibility index (Phi) is 5.69. The van der Waals surface area contributed by atoms with E-state index in [4.69, 9.17) is 0 Å². The summed E-state index contributed by atoms with van der Waals surface area (Å²) >= 11 is 1.54. The van der Waals surface area contributed by atoms with Gasteiger partial charge < -0.3 is 5.32 Å². The first-order chi connectivity index (χ1) is 11.8. The van der Waals surface area contributed by atoms with Crippen LogP contribution in [0.4, 0.5) is 0 Å². The van der Waals surface area contributed by atoms with Crippen LogP contribution in [0.25, 0.3) is 10.6 Å². The third-order valence-corrected chi connectivity index (χ3v) is 4.55. The van der Waals surface area contributed by atoms with Gasteiger partial charge in [0, 0.05) is 29.9 Å². The Morgan fingerprint density at radius 3 is 2.79 bits per heavy atom. The number of nitrogens with one attached hydrogen (secondary N) is 1. The van der Waals surface area contributed by atoms with E-state index in [2.05, 4.69) is 27.4 Å². The molecule has 24 heavy (non-hydrogen) atoms.